The van der Waals surface area contributed by atoms with Crippen molar-refractivity contribution in [1.82, 2.24) is 9.47 Å². The van der Waals surface area contributed by atoms with Gasteiger partial charge in [0.2, 0.25) is 5.91 Å². The Hall–Kier alpha value is -2.30. The Morgan fingerprint density at radius 2 is 1.90 bits per heavy atom. The zero-order chi connectivity index (χ0) is 21.4. The van der Waals surface area contributed by atoms with Crippen molar-refractivity contribution in [2.45, 2.75) is 45.1 Å². The number of carbonyl (C=O) groups is 1. The summed E-state index contributed by atoms with van der Waals surface area (Å²) in [5, 5.41) is 5.15. The van der Waals surface area contributed by atoms with Crippen LogP contribution in [0.2, 0.25) is 5.02 Å². The highest BCUT2D eigenvalue weighted by atomic mass is 35.5. The van der Waals surface area contributed by atoms with E-state index < -0.39 is 0 Å². The number of aromatic nitrogens is 1. The molecule has 2 fully saturated rings. The van der Waals surface area contributed by atoms with Crippen LogP contribution in [-0.2, 0) is 11.2 Å². The zero-order valence-electron chi connectivity index (χ0n) is 18.1. The lowest BCUT2D eigenvalue weighted by Gasteiger charge is -2.33. The van der Waals surface area contributed by atoms with Crippen molar-refractivity contribution in [3.63, 3.8) is 0 Å². The third kappa shape index (κ3) is 4.51. The maximum absolute atomic E-state index is 12.1. The maximum atomic E-state index is 12.1. The number of anilines is 1. The normalized spacial score (nSPS) is 17.9. The van der Waals surface area contributed by atoms with Crippen LogP contribution < -0.4 is 5.32 Å². The van der Waals surface area contributed by atoms with Crippen LogP contribution in [0.25, 0.3) is 10.9 Å². The first kappa shape index (κ1) is 20.6. The predicted octanol–water partition coefficient (Wildman–Crippen LogP) is 5.83. The van der Waals surface area contributed by atoms with E-state index >= 15 is 0 Å². The molecule has 2 heterocycles. The average molecular weight is 436 g/mol. The predicted molar refractivity (Wildman–Crippen MR) is 128 cm³/mol. The molecule has 5 rings (SSSR count). The molecule has 0 radical (unpaired) electrons. The second-order valence-corrected chi connectivity index (χ2v) is 9.54. The summed E-state index contributed by atoms with van der Waals surface area (Å²) in [5.74, 6) is 0.410. The lowest BCUT2D eigenvalue weighted by atomic mass is 10.0. The summed E-state index contributed by atoms with van der Waals surface area (Å²) < 4.78 is 2.38. The average Bonchev–Trinajstić information content (AvgIpc) is 3.54. The lowest BCUT2D eigenvalue weighted by Crippen LogP contribution is -2.35. The quantitative estimate of drug-likeness (QED) is 0.528. The fourth-order valence-corrected chi connectivity index (χ4v) is 5.07. The maximum Gasteiger partial charge on any atom is 0.227 e. The summed E-state index contributed by atoms with van der Waals surface area (Å²) in [6.45, 7) is 5.42. The number of hydrogen-bond acceptors (Lipinski definition) is 2. The molecule has 162 valence electrons. The zero-order valence-corrected chi connectivity index (χ0v) is 18.9. The molecule has 0 bridgehead atoms. The first-order chi connectivity index (χ1) is 15.1. The number of amides is 1. The number of carbonyl (C=O) groups excluding carboxylic acids is 1. The molecule has 1 N–H and O–H groups in total. The summed E-state index contributed by atoms with van der Waals surface area (Å²) in [5.41, 5.74) is 4.74. The molecule has 31 heavy (non-hydrogen) atoms. The van der Waals surface area contributed by atoms with E-state index in [0.717, 1.165) is 62.4 Å². The highest BCUT2D eigenvalue weighted by molar-refractivity contribution is 6.35. The largest absolute Gasteiger partial charge is 0.343 e. The SMILES string of the molecule is Cc1ccc(NC(=O)C2CC2)cc1CCN1CCC(n2ccc3cccc(Cl)c32)CC1. The van der Waals surface area contributed by atoms with Gasteiger partial charge >= 0.3 is 0 Å². The highest BCUT2D eigenvalue weighted by Crippen LogP contribution is 2.32. The molecule has 0 unspecified atom stereocenters. The minimum atomic E-state index is 0.175. The van der Waals surface area contributed by atoms with E-state index in [1.54, 1.807) is 0 Å². The lowest BCUT2D eigenvalue weighted by molar-refractivity contribution is -0.117. The topological polar surface area (TPSA) is 37.3 Å². The Kier molecular flexibility index (Phi) is 5.77. The van der Waals surface area contributed by atoms with Crippen molar-refractivity contribution in [2.75, 3.05) is 25.0 Å². The number of rotatable bonds is 6. The minimum Gasteiger partial charge on any atom is -0.343 e. The Labute approximate surface area is 189 Å². The molecule has 1 aromatic heterocycles. The molecular weight excluding hydrogens is 406 g/mol. The minimum absolute atomic E-state index is 0.175. The number of piperidine rings is 1. The van der Waals surface area contributed by atoms with Gasteiger partial charge in [0.05, 0.1) is 10.5 Å². The first-order valence-electron chi connectivity index (χ1n) is 11.5. The second kappa shape index (κ2) is 8.68. The van der Waals surface area contributed by atoms with Gasteiger partial charge in [-0.25, -0.2) is 0 Å². The number of nitrogens with one attached hydrogen (secondary N) is 1. The van der Waals surface area contributed by atoms with Gasteiger partial charge in [0.1, 0.15) is 0 Å². The van der Waals surface area contributed by atoms with Crippen molar-refractivity contribution in [1.29, 1.82) is 0 Å². The van der Waals surface area contributed by atoms with Crippen LogP contribution in [0.3, 0.4) is 0 Å². The monoisotopic (exact) mass is 435 g/mol. The van der Waals surface area contributed by atoms with Gasteiger partial charge in [-0.1, -0.05) is 29.8 Å². The molecular formula is C26H30ClN3O. The van der Waals surface area contributed by atoms with Gasteiger partial charge < -0.3 is 14.8 Å². The fourth-order valence-electron chi connectivity index (χ4n) is 4.79. The number of halogens is 1. The van der Waals surface area contributed by atoms with Crippen LogP contribution in [0.15, 0.2) is 48.7 Å². The van der Waals surface area contributed by atoms with Crippen LogP contribution >= 0.6 is 11.6 Å². The van der Waals surface area contributed by atoms with Crippen molar-refractivity contribution in [3.05, 3.63) is 64.8 Å². The van der Waals surface area contributed by atoms with Crippen molar-refractivity contribution in [2.24, 2.45) is 5.92 Å². The number of para-hydroxylation sites is 1. The smallest absolute Gasteiger partial charge is 0.227 e. The number of aryl methyl sites for hydroxylation is 1. The van der Waals surface area contributed by atoms with E-state index in [4.69, 9.17) is 11.6 Å². The Morgan fingerprint density at radius 1 is 1.10 bits per heavy atom. The number of nitrogens with zero attached hydrogens (tertiary/aromatic N) is 2. The summed E-state index contributed by atoms with van der Waals surface area (Å²) in [6.07, 6.45) is 7.57. The van der Waals surface area contributed by atoms with Gasteiger partial charge in [-0.15, -0.1) is 0 Å². The molecule has 4 nitrogen and oxygen atoms in total. The molecule has 5 heteroatoms. The van der Waals surface area contributed by atoms with Gasteiger partial charge in [-0.05, 0) is 74.4 Å². The van der Waals surface area contributed by atoms with E-state index in [2.05, 4.69) is 52.2 Å². The standard InChI is InChI=1S/C26H30ClN3O/c1-18-5-8-22(28-26(31)20-6-7-20)17-21(18)9-13-29-14-11-23(12-15-29)30-16-10-19-3-2-4-24(27)25(19)30/h2-5,8,10,16-17,20,23H,6-7,9,11-15H2,1H3,(H,28,31). The third-order valence-electron chi connectivity index (χ3n) is 6.90. The van der Waals surface area contributed by atoms with Gasteiger partial charge in [-0.2, -0.15) is 0 Å². The Morgan fingerprint density at radius 3 is 2.68 bits per heavy atom. The summed E-state index contributed by atoms with van der Waals surface area (Å²) >= 11 is 6.49. The van der Waals surface area contributed by atoms with Gasteiger partial charge in [-0.3, -0.25) is 4.79 Å². The molecule has 0 spiro atoms. The summed E-state index contributed by atoms with van der Waals surface area (Å²) in [7, 11) is 0. The van der Waals surface area contributed by atoms with Crippen molar-refractivity contribution < 1.29 is 4.79 Å². The molecule has 3 aromatic rings. The molecule has 1 saturated carbocycles. The first-order valence-corrected chi connectivity index (χ1v) is 11.8. The molecule has 2 aromatic carbocycles. The third-order valence-corrected chi connectivity index (χ3v) is 7.21. The Bertz CT molecular complexity index is 1090. The van der Waals surface area contributed by atoms with Gasteiger partial charge in [0.15, 0.2) is 0 Å². The molecule has 2 aliphatic rings. The van der Waals surface area contributed by atoms with Gasteiger partial charge in [0.25, 0.3) is 0 Å². The van der Waals surface area contributed by atoms with Crippen LogP contribution in [0, 0.1) is 12.8 Å². The number of fused-ring (bicyclic) bond motifs is 1. The van der Waals surface area contributed by atoms with Crippen molar-refractivity contribution >= 4 is 34.1 Å². The van der Waals surface area contributed by atoms with E-state index in [1.807, 2.05) is 18.2 Å². The van der Waals surface area contributed by atoms with E-state index in [9.17, 15) is 4.79 Å². The summed E-state index contributed by atoms with van der Waals surface area (Å²) in [4.78, 5) is 14.6. The number of likely N-dealkylation sites (tertiary alicyclic amines) is 1. The van der Waals surface area contributed by atoms with Crippen molar-refractivity contribution in [3.8, 4) is 0 Å². The van der Waals surface area contributed by atoms with E-state index in [0.29, 0.717) is 6.04 Å². The van der Waals surface area contributed by atoms with Crippen LogP contribution in [-0.4, -0.2) is 35.0 Å². The van der Waals surface area contributed by atoms with Gasteiger partial charge in [0, 0.05) is 48.9 Å². The number of hydrogen-bond donors (Lipinski definition) is 1. The molecule has 0 atom stereocenters. The number of benzene rings is 2. The van der Waals surface area contributed by atoms with Crippen LogP contribution in [0.4, 0.5) is 5.69 Å². The second-order valence-electron chi connectivity index (χ2n) is 9.13. The molecule has 1 saturated heterocycles. The summed E-state index contributed by atoms with van der Waals surface area (Å²) in [6, 6.07) is 15.1. The van der Waals surface area contributed by atoms with E-state index in [1.165, 1.54) is 22.0 Å². The van der Waals surface area contributed by atoms with E-state index in [-0.39, 0.29) is 11.8 Å². The fraction of sp³-hybridized carbons (Fsp3) is 0.423. The molecule has 1 amide bonds. The highest BCUT2D eigenvalue weighted by Gasteiger charge is 2.29. The van der Waals surface area contributed by atoms with Crippen LogP contribution in [0.1, 0.15) is 42.9 Å². The molecule has 1 aliphatic heterocycles. The van der Waals surface area contributed by atoms with Crippen LogP contribution in [0.5, 0.6) is 0 Å². The molecule has 1 aliphatic carbocycles. The Balaban J connectivity index is 1.18.